The lowest BCUT2D eigenvalue weighted by Crippen LogP contribution is -2.54. The molecule has 1 saturated heterocycles. The second kappa shape index (κ2) is 16.0. The first-order valence-corrected chi connectivity index (χ1v) is 16.3. The third-order valence-corrected chi connectivity index (χ3v) is 8.43. The number of benzene rings is 3. The van der Waals surface area contributed by atoms with Crippen molar-refractivity contribution in [3.05, 3.63) is 125 Å². The van der Waals surface area contributed by atoms with Crippen molar-refractivity contribution in [2.75, 3.05) is 27.2 Å². The summed E-state index contributed by atoms with van der Waals surface area (Å²) in [5.74, 6) is -3.76. The number of nitrogens with zero attached hydrogens (tertiary/aromatic N) is 1. The number of likely N-dealkylation sites (N-methyl/N-ethyl adjacent to an activating group) is 1. The van der Waals surface area contributed by atoms with Gasteiger partial charge in [-0.15, -0.1) is 0 Å². The molecule has 3 amide bonds. The Bertz CT molecular complexity index is 1700. The molecule has 5 unspecified atom stereocenters. The number of aliphatic hydroxyl groups is 2. The van der Waals surface area contributed by atoms with E-state index in [0.29, 0.717) is 16.7 Å². The minimum absolute atomic E-state index is 0.0609. The highest BCUT2D eigenvalue weighted by atomic mass is 16.8. The van der Waals surface area contributed by atoms with Gasteiger partial charge >= 0.3 is 5.97 Å². The Morgan fingerprint density at radius 3 is 2.18 bits per heavy atom. The van der Waals surface area contributed by atoms with Crippen molar-refractivity contribution < 1.29 is 43.6 Å². The van der Waals surface area contributed by atoms with Crippen LogP contribution < -0.4 is 10.6 Å². The van der Waals surface area contributed by atoms with Crippen LogP contribution in [0, 0.1) is 0 Å². The Labute approximate surface area is 290 Å². The normalized spacial score (nSPS) is 20.6. The fourth-order valence-electron chi connectivity index (χ4n) is 5.86. The van der Waals surface area contributed by atoms with Gasteiger partial charge < -0.3 is 40.0 Å². The third-order valence-electron chi connectivity index (χ3n) is 8.43. The molecule has 0 radical (unpaired) electrons. The average molecular weight is 684 g/mol. The largest absolute Gasteiger partial charge is 0.456 e. The van der Waals surface area contributed by atoms with E-state index in [0.717, 1.165) is 0 Å². The van der Waals surface area contributed by atoms with E-state index in [4.69, 9.17) is 19.3 Å². The van der Waals surface area contributed by atoms with E-state index in [-0.39, 0.29) is 36.6 Å². The summed E-state index contributed by atoms with van der Waals surface area (Å²) in [6.45, 7) is 0.980. The maximum Gasteiger partial charge on any atom is 0.339 e. The zero-order valence-corrected chi connectivity index (χ0v) is 28.0. The summed E-state index contributed by atoms with van der Waals surface area (Å²) in [4.78, 5) is 54.0. The highest BCUT2D eigenvalue weighted by molar-refractivity contribution is 5.98. The fourth-order valence-corrected chi connectivity index (χ4v) is 5.86. The first-order chi connectivity index (χ1) is 24.0. The van der Waals surface area contributed by atoms with Crippen LogP contribution >= 0.6 is 0 Å². The van der Waals surface area contributed by atoms with E-state index in [1.54, 1.807) is 44.4 Å². The van der Waals surface area contributed by atoms with E-state index in [1.165, 1.54) is 24.0 Å². The van der Waals surface area contributed by atoms with E-state index in [9.17, 15) is 24.3 Å². The van der Waals surface area contributed by atoms with Crippen LogP contribution in [0.3, 0.4) is 0 Å². The Morgan fingerprint density at radius 1 is 0.960 bits per heavy atom. The lowest BCUT2D eigenvalue weighted by atomic mass is 9.91. The summed E-state index contributed by atoms with van der Waals surface area (Å²) in [7, 11) is 3.24. The molecule has 0 bridgehead atoms. The predicted octanol–water partition coefficient (Wildman–Crippen LogP) is 2.30. The van der Waals surface area contributed by atoms with Crippen molar-refractivity contribution >= 4 is 29.8 Å². The Balaban J connectivity index is 1.51. The van der Waals surface area contributed by atoms with Gasteiger partial charge in [-0.2, -0.15) is 0 Å². The lowest BCUT2D eigenvalue weighted by Gasteiger charge is -2.32. The SMILES string of the molecule is CC(O)C(NC(=O)C1=CC2OC(c3ccccc3)(c3ccccc3)OC2C(OC(=O)c2ccccc2C=CC(=O)N(C)C)C1)C(=O)NCCO. The van der Waals surface area contributed by atoms with Crippen LogP contribution in [0.15, 0.2) is 103 Å². The van der Waals surface area contributed by atoms with Crippen LogP contribution in [0.1, 0.15) is 40.4 Å². The zero-order chi connectivity index (χ0) is 35.8. The minimum Gasteiger partial charge on any atom is -0.456 e. The molecule has 50 heavy (non-hydrogen) atoms. The monoisotopic (exact) mass is 683 g/mol. The van der Waals surface area contributed by atoms with Gasteiger partial charge in [0.2, 0.25) is 23.5 Å². The number of amides is 3. The molecular formula is C38H41N3O9. The van der Waals surface area contributed by atoms with Crippen molar-refractivity contribution in [3.63, 3.8) is 0 Å². The van der Waals surface area contributed by atoms with E-state index in [2.05, 4.69) is 10.6 Å². The van der Waals surface area contributed by atoms with Gasteiger partial charge in [-0.05, 0) is 30.7 Å². The Morgan fingerprint density at radius 2 is 1.58 bits per heavy atom. The van der Waals surface area contributed by atoms with Crippen LogP contribution in [0.4, 0.5) is 0 Å². The number of fused-ring (bicyclic) bond motifs is 1. The molecule has 3 aromatic carbocycles. The Hall–Kier alpha value is -5.14. The molecule has 2 aliphatic rings. The number of carbonyl (C=O) groups excluding carboxylic acids is 4. The highest BCUT2D eigenvalue weighted by Crippen LogP contribution is 2.47. The molecule has 12 nitrogen and oxygen atoms in total. The van der Waals surface area contributed by atoms with Crippen LogP contribution in [0.25, 0.3) is 6.08 Å². The molecule has 5 atom stereocenters. The van der Waals surface area contributed by atoms with Crippen LogP contribution in [0.2, 0.25) is 0 Å². The molecule has 1 aliphatic heterocycles. The van der Waals surface area contributed by atoms with Crippen molar-refractivity contribution in [1.29, 1.82) is 0 Å². The van der Waals surface area contributed by atoms with Gasteiger partial charge in [0.1, 0.15) is 24.4 Å². The molecule has 1 aliphatic carbocycles. The van der Waals surface area contributed by atoms with Crippen molar-refractivity contribution in [2.45, 2.75) is 49.6 Å². The second-order valence-electron chi connectivity index (χ2n) is 12.2. The predicted molar refractivity (Wildman–Crippen MR) is 183 cm³/mol. The summed E-state index contributed by atoms with van der Waals surface area (Å²) in [6, 6.07) is 23.9. The fraction of sp³-hybridized carbons (Fsp3) is 0.316. The number of nitrogens with one attached hydrogen (secondary N) is 2. The standard InChI is InChI=1S/C38H41N3O9/c1-24(43)33(36(46)39-20-21-42)40-35(45)26-22-30(48-37(47)29-17-11-10-12-25(29)18-19-32(44)41(2)3)34-31(23-26)49-38(50-34,27-13-6-4-7-14-27)28-15-8-5-9-16-28/h4-19,23-24,30-31,33-34,42-43H,20-22H2,1-3H3,(H,39,46)(H,40,45). The van der Waals surface area contributed by atoms with Gasteiger partial charge in [-0.25, -0.2) is 4.79 Å². The van der Waals surface area contributed by atoms with E-state index < -0.39 is 54.0 Å². The molecule has 1 heterocycles. The maximum atomic E-state index is 13.9. The molecule has 4 N–H and O–H groups in total. The zero-order valence-electron chi connectivity index (χ0n) is 28.0. The van der Waals surface area contributed by atoms with Crippen molar-refractivity contribution in [2.24, 2.45) is 0 Å². The van der Waals surface area contributed by atoms with Gasteiger partial charge in [0.15, 0.2) is 0 Å². The summed E-state index contributed by atoms with van der Waals surface area (Å²) < 4.78 is 19.6. The first kappa shape index (κ1) is 36.1. The third kappa shape index (κ3) is 8.01. The van der Waals surface area contributed by atoms with Crippen LogP contribution in [-0.4, -0.2) is 96.5 Å². The molecule has 5 rings (SSSR count). The van der Waals surface area contributed by atoms with E-state index in [1.807, 2.05) is 60.7 Å². The van der Waals surface area contributed by atoms with Gasteiger partial charge in [0.05, 0.1) is 18.3 Å². The van der Waals surface area contributed by atoms with Gasteiger partial charge in [-0.3, -0.25) is 14.4 Å². The molecular weight excluding hydrogens is 642 g/mol. The molecule has 0 aromatic heterocycles. The topological polar surface area (TPSA) is 164 Å². The number of esters is 1. The number of carbonyl (C=O) groups is 4. The quantitative estimate of drug-likeness (QED) is 0.166. The summed E-state index contributed by atoms with van der Waals surface area (Å²) in [5.41, 5.74) is 2.16. The number of hydrogen-bond donors (Lipinski definition) is 4. The molecule has 0 spiro atoms. The number of ether oxygens (including phenoxy) is 3. The summed E-state index contributed by atoms with van der Waals surface area (Å²) in [5, 5.41) is 24.5. The van der Waals surface area contributed by atoms with Gasteiger partial charge in [-0.1, -0.05) is 78.9 Å². The molecule has 1 fully saturated rings. The molecule has 262 valence electrons. The maximum absolute atomic E-state index is 13.9. The molecule has 3 aromatic rings. The minimum atomic E-state index is -1.43. The smallest absolute Gasteiger partial charge is 0.339 e. The summed E-state index contributed by atoms with van der Waals surface area (Å²) in [6.07, 6.45) is 0.312. The van der Waals surface area contributed by atoms with Crippen LogP contribution in [0.5, 0.6) is 0 Å². The number of rotatable bonds is 12. The average Bonchev–Trinajstić information content (AvgIpc) is 3.53. The first-order valence-electron chi connectivity index (χ1n) is 16.3. The number of aliphatic hydroxyl groups excluding tert-OH is 2. The second-order valence-corrected chi connectivity index (χ2v) is 12.2. The van der Waals surface area contributed by atoms with Gasteiger partial charge in [0.25, 0.3) is 0 Å². The Kier molecular flexibility index (Phi) is 11.6. The molecule has 0 saturated carbocycles. The number of hydrogen-bond acceptors (Lipinski definition) is 9. The molecule has 12 heteroatoms. The van der Waals surface area contributed by atoms with Gasteiger partial charge in [0, 0.05) is 49.8 Å². The highest BCUT2D eigenvalue weighted by Gasteiger charge is 2.55. The van der Waals surface area contributed by atoms with Crippen molar-refractivity contribution in [3.8, 4) is 0 Å². The van der Waals surface area contributed by atoms with Crippen LogP contribution in [-0.2, 0) is 34.4 Å². The van der Waals surface area contributed by atoms with Crippen molar-refractivity contribution in [1.82, 2.24) is 15.5 Å². The summed E-state index contributed by atoms with van der Waals surface area (Å²) >= 11 is 0. The lowest BCUT2D eigenvalue weighted by molar-refractivity contribution is -0.157. The van der Waals surface area contributed by atoms with E-state index >= 15 is 0 Å².